The van der Waals surface area contributed by atoms with E-state index in [1.807, 2.05) is 0 Å². The molecule has 0 rings (SSSR count). The van der Waals surface area contributed by atoms with Gasteiger partial charge in [0.15, 0.2) is 6.10 Å². The third kappa shape index (κ3) is 2.80. The van der Waals surface area contributed by atoms with Gasteiger partial charge in [0.25, 0.3) is 0 Å². The van der Waals surface area contributed by atoms with Crippen LogP contribution in [0.1, 0.15) is 0 Å². The van der Waals surface area contributed by atoms with Crippen LogP contribution in [0.4, 0.5) is 0 Å². The molecule has 0 heterocycles. The van der Waals surface area contributed by atoms with Crippen LogP contribution in [-0.2, 0) is 19.0 Å². The lowest BCUT2D eigenvalue weighted by atomic mass is 10.4. The van der Waals surface area contributed by atoms with Crippen molar-refractivity contribution in [1.29, 1.82) is 0 Å². The molecule has 0 aromatic rings. The largest absolute Gasteiger partial charge is 0.467 e. The highest BCUT2D eigenvalue weighted by Crippen LogP contribution is 1.92. The summed E-state index contributed by atoms with van der Waals surface area (Å²) in [4.78, 5) is 10.7. The summed E-state index contributed by atoms with van der Waals surface area (Å²) in [5.41, 5.74) is 0. The number of ether oxygens (including phenoxy) is 3. The fourth-order valence-electron chi connectivity index (χ4n) is 0.515. The molecule has 4 heteroatoms. The molecule has 0 aliphatic rings. The quantitative estimate of drug-likeness (QED) is 0.519. The van der Waals surface area contributed by atoms with Gasteiger partial charge in [0.2, 0.25) is 0 Å². The Morgan fingerprint density at radius 3 is 2.30 bits per heavy atom. The molecule has 0 spiro atoms. The molecule has 0 fully saturated rings. The van der Waals surface area contributed by atoms with Crippen molar-refractivity contribution < 1.29 is 19.0 Å². The van der Waals surface area contributed by atoms with Gasteiger partial charge in [0.1, 0.15) is 0 Å². The summed E-state index contributed by atoms with van der Waals surface area (Å²) in [6.07, 6.45) is -0.602. The van der Waals surface area contributed by atoms with Crippen LogP contribution in [0.3, 0.4) is 0 Å². The van der Waals surface area contributed by atoms with Crippen molar-refractivity contribution in [2.45, 2.75) is 6.10 Å². The van der Waals surface area contributed by atoms with E-state index in [1.54, 1.807) is 0 Å². The van der Waals surface area contributed by atoms with Crippen molar-refractivity contribution >= 4 is 5.97 Å². The molecule has 0 aliphatic heterocycles. The average Bonchev–Trinajstić information content (AvgIpc) is 1.99. The first-order valence-electron chi connectivity index (χ1n) is 2.85. The van der Waals surface area contributed by atoms with Crippen LogP contribution in [0.2, 0.25) is 0 Å². The van der Waals surface area contributed by atoms with Crippen molar-refractivity contribution in [3.8, 4) is 0 Å². The number of esters is 1. The number of carbonyl (C=O) groups is 1. The molecule has 1 atom stereocenters. The van der Waals surface area contributed by atoms with Crippen LogP contribution in [0, 0.1) is 0 Å². The number of rotatable bonds is 4. The summed E-state index contributed by atoms with van der Waals surface area (Å²) >= 11 is 0. The average molecular weight is 148 g/mol. The molecule has 4 nitrogen and oxygen atoms in total. The molecule has 0 aromatic carbocycles. The Morgan fingerprint density at radius 1 is 1.40 bits per heavy atom. The second-order valence-electron chi connectivity index (χ2n) is 1.70. The molecule has 1 unspecified atom stereocenters. The van der Waals surface area contributed by atoms with E-state index in [2.05, 4.69) is 4.74 Å². The third-order valence-corrected chi connectivity index (χ3v) is 1.07. The van der Waals surface area contributed by atoms with Gasteiger partial charge in [-0.2, -0.15) is 0 Å². The summed E-state index contributed by atoms with van der Waals surface area (Å²) in [7, 11) is 4.24. The fourth-order valence-corrected chi connectivity index (χ4v) is 0.515. The Balaban J connectivity index is 3.68. The minimum absolute atomic E-state index is 0.225. The lowest BCUT2D eigenvalue weighted by Crippen LogP contribution is -2.28. The smallest absolute Gasteiger partial charge is 0.337 e. The van der Waals surface area contributed by atoms with Gasteiger partial charge in [-0.15, -0.1) is 0 Å². The maximum Gasteiger partial charge on any atom is 0.337 e. The fraction of sp³-hybridized carbons (Fsp3) is 0.833. The van der Waals surface area contributed by atoms with E-state index in [9.17, 15) is 4.79 Å². The van der Waals surface area contributed by atoms with Crippen molar-refractivity contribution in [3.63, 3.8) is 0 Å². The molecule has 0 bridgehead atoms. The van der Waals surface area contributed by atoms with E-state index in [0.29, 0.717) is 0 Å². The summed E-state index contributed by atoms with van der Waals surface area (Å²) in [6, 6.07) is 0. The normalized spacial score (nSPS) is 12.7. The van der Waals surface area contributed by atoms with E-state index in [0.717, 1.165) is 0 Å². The lowest BCUT2D eigenvalue weighted by Gasteiger charge is -2.10. The van der Waals surface area contributed by atoms with Gasteiger partial charge in [-0.25, -0.2) is 4.79 Å². The minimum atomic E-state index is -0.602. The lowest BCUT2D eigenvalue weighted by molar-refractivity contribution is -0.155. The van der Waals surface area contributed by atoms with Crippen molar-refractivity contribution in [2.75, 3.05) is 27.9 Å². The van der Waals surface area contributed by atoms with Crippen LogP contribution < -0.4 is 0 Å². The molecule has 0 amide bonds. The monoisotopic (exact) mass is 148 g/mol. The van der Waals surface area contributed by atoms with Crippen molar-refractivity contribution in [3.05, 3.63) is 0 Å². The molecule has 10 heavy (non-hydrogen) atoms. The summed E-state index contributed by atoms with van der Waals surface area (Å²) in [6.45, 7) is 0.225. The Hall–Kier alpha value is -0.610. The molecule has 0 saturated carbocycles. The van der Waals surface area contributed by atoms with Gasteiger partial charge in [0.05, 0.1) is 13.7 Å². The Bertz CT molecular complexity index is 102. The van der Waals surface area contributed by atoms with Gasteiger partial charge < -0.3 is 14.2 Å². The standard InChI is InChI=1S/C6H12O4/c1-8-4-5(9-2)6(7)10-3/h5H,4H2,1-3H3. The van der Waals surface area contributed by atoms with Crippen LogP contribution in [0.25, 0.3) is 0 Å². The first-order valence-corrected chi connectivity index (χ1v) is 2.85. The Labute approximate surface area is 60.1 Å². The molecule has 0 saturated heterocycles. The van der Waals surface area contributed by atoms with Gasteiger partial charge in [-0.1, -0.05) is 0 Å². The molecule has 0 aliphatic carbocycles. The zero-order chi connectivity index (χ0) is 7.98. The van der Waals surface area contributed by atoms with Gasteiger partial charge in [-0.05, 0) is 0 Å². The summed E-state index contributed by atoms with van der Waals surface area (Å²) in [5.74, 6) is -0.413. The number of hydrogen-bond acceptors (Lipinski definition) is 4. The van der Waals surface area contributed by atoms with E-state index >= 15 is 0 Å². The Morgan fingerprint density at radius 2 is 2.00 bits per heavy atom. The van der Waals surface area contributed by atoms with E-state index < -0.39 is 12.1 Å². The number of carbonyl (C=O) groups excluding carboxylic acids is 1. The molecular weight excluding hydrogens is 136 g/mol. The first kappa shape index (κ1) is 9.39. The summed E-state index contributed by atoms with van der Waals surface area (Å²) in [5, 5.41) is 0. The van der Waals surface area contributed by atoms with Crippen LogP contribution in [0.15, 0.2) is 0 Å². The predicted octanol–water partition coefficient (Wildman–Crippen LogP) is -0.179. The van der Waals surface area contributed by atoms with Crippen LogP contribution >= 0.6 is 0 Å². The molecule has 60 valence electrons. The van der Waals surface area contributed by atoms with Gasteiger partial charge >= 0.3 is 5.97 Å². The van der Waals surface area contributed by atoms with Gasteiger partial charge in [-0.3, -0.25) is 0 Å². The first-order chi connectivity index (χ1) is 4.76. The number of methoxy groups -OCH3 is 3. The topological polar surface area (TPSA) is 44.8 Å². The van der Waals surface area contributed by atoms with E-state index in [-0.39, 0.29) is 6.61 Å². The molecule has 0 radical (unpaired) electrons. The zero-order valence-electron chi connectivity index (χ0n) is 6.42. The SMILES string of the molecule is COCC(OC)C(=O)OC. The van der Waals surface area contributed by atoms with E-state index in [1.165, 1.54) is 21.3 Å². The highest BCUT2D eigenvalue weighted by molar-refractivity contribution is 5.74. The maximum absolute atomic E-state index is 10.7. The highest BCUT2D eigenvalue weighted by Gasteiger charge is 2.16. The third-order valence-electron chi connectivity index (χ3n) is 1.07. The Kier molecular flexibility index (Phi) is 4.88. The molecule has 0 aromatic heterocycles. The van der Waals surface area contributed by atoms with Crippen molar-refractivity contribution in [2.24, 2.45) is 0 Å². The number of hydrogen-bond donors (Lipinski definition) is 0. The molecule has 0 N–H and O–H groups in total. The maximum atomic E-state index is 10.7. The second-order valence-corrected chi connectivity index (χ2v) is 1.70. The minimum Gasteiger partial charge on any atom is -0.467 e. The van der Waals surface area contributed by atoms with Crippen LogP contribution in [-0.4, -0.2) is 40.0 Å². The van der Waals surface area contributed by atoms with Gasteiger partial charge in [0, 0.05) is 14.2 Å². The summed E-state index contributed by atoms with van der Waals surface area (Å²) < 4.78 is 13.8. The van der Waals surface area contributed by atoms with Crippen LogP contribution in [0.5, 0.6) is 0 Å². The van der Waals surface area contributed by atoms with Crippen molar-refractivity contribution in [1.82, 2.24) is 0 Å². The highest BCUT2D eigenvalue weighted by atomic mass is 16.6. The zero-order valence-corrected chi connectivity index (χ0v) is 6.42. The predicted molar refractivity (Wildman–Crippen MR) is 34.7 cm³/mol. The van der Waals surface area contributed by atoms with E-state index in [4.69, 9.17) is 9.47 Å². The second kappa shape index (κ2) is 5.20. The molecular formula is C6H12O4.